The lowest BCUT2D eigenvalue weighted by Crippen LogP contribution is -2.33. The van der Waals surface area contributed by atoms with E-state index in [-0.39, 0.29) is 12.5 Å². The molecule has 7 heteroatoms. The van der Waals surface area contributed by atoms with Crippen molar-refractivity contribution in [2.45, 2.75) is 6.29 Å². The Labute approximate surface area is 83.2 Å². The second-order valence-corrected chi connectivity index (χ2v) is 2.78. The van der Waals surface area contributed by atoms with E-state index in [4.69, 9.17) is 14.6 Å². The number of aliphatic hydroxyl groups excluding tert-OH is 1. The van der Waals surface area contributed by atoms with Gasteiger partial charge in [-0.25, -0.2) is 4.79 Å². The van der Waals surface area contributed by atoms with Crippen LogP contribution in [0.4, 0.5) is 0 Å². The minimum atomic E-state index is -0.869. The van der Waals surface area contributed by atoms with Gasteiger partial charge in [-0.1, -0.05) is 0 Å². The van der Waals surface area contributed by atoms with Gasteiger partial charge in [0.1, 0.15) is 12.9 Å². The number of aromatic nitrogens is 2. The summed E-state index contributed by atoms with van der Waals surface area (Å²) in [6.07, 6.45) is 1.48. The van der Waals surface area contributed by atoms with Crippen LogP contribution in [0.5, 0.6) is 0 Å². The largest absolute Gasteiger partial charge is 0.454 e. The lowest BCUT2D eigenvalue weighted by Gasteiger charge is -2.08. The van der Waals surface area contributed by atoms with Crippen LogP contribution in [-0.4, -0.2) is 27.6 Å². The fraction of sp³-hybridized carbons (Fsp3) is 0.250. The molecule has 80 valence electrons. The lowest BCUT2D eigenvalue weighted by molar-refractivity contribution is -0.0556. The number of nitrogens with one attached hydrogen (secondary N) is 1. The van der Waals surface area contributed by atoms with Crippen LogP contribution in [0, 0.1) is 0 Å². The molecule has 1 unspecified atom stereocenters. The SMILES string of the molecule is O=c1cc[nH]c(=O)n1C1=COC(CO)O1. The maximum absolute atomic E-state index is 11.3. The van der Waals surface area contributed by atoms with Crippen LogP contribution in [-0.2, 0) is 9.47 Å². The van der Waals surface area contributed by atoms with E-state index >= 15 is 0 Å². The quantitative estimate of drug-likeness (QED) is 0.632. The van der Waals surface area contributed by atoms with E-state index in [1.165, 1.54) is 12.3 Å². The number of nitrogens with zero attached hydrogens (tertiary/aromatic N) is 1. The van der Waals surface area contributed by atoms with Gasteiger partial charge in [0.05, 0.1) is 0 Å². The van der Waals surface area contributed by atoms with Crippen LogP contribution >= 0.6 is 0 Å². The minimum absolute atomic E-state index is 0.0408. The highest BCUT2D eigenvalue weighted by molar-refractivity contribution is 5.35. The van der Waals surface area contributed by atoms with E-state index in [9.17, 15) is 9.59 Å². The zero-order chi connectivity index (χ0) is 10.8. The standard InChI is InChI=1S/C8H8N2O5/c11-3-7-14-4-6(15-7)10-5(12)1-2-9-8(10)13/h1-2,4,7,11H,3H2,(H,9,13). The molecule has 0 saturated carbocycles. The molecular formula is C8H8N2O5. The van der Waals surface area contributed by atoms with Gasteiger partial charge in [-0.2, -0.15) is 4.57 Å². The average molecular weight is 212 g/mol. The summed E-state index contributed by atoms with van der Waals surface area (Å²) in [6, 6.07) is 1.18. The molecule has 1 aromatic heterocycles. The Kier molecular flexibility index (Phi) is 2.30. The molecule has 7 nitrogen and oxygen atoms in total. The number of aliphatic hydroxyl groups is 1. The van der Waals surface area contributed by atoms with E-state index in [2.05, 4.69) is 4.98 Å². The van der Waals surface area contributed by atoms with E-state index in [1.807, 2.05) is 0 Å². The Morgan fingerprint density at radius 3 is 2.93 bits per heavy atom. The zero-order valence-corrected chi connectivity index (χ0v) is 7.54. The summed E-state index contributed by atoms with van der Waals surface area (Å²) in [5.41, 5.74) is -1.16. The molecule has 0 amide bonds. The maximum atomic E-state index is 11.3. The third kappa shape index (κ3) is 1.64. The van der Waals surface area contributed by atoms with Crippen molar-refractivity contribution in [2.24, 2.45) is 0 Å². The first kappa shape index (κ1) is 9.53. The molecule has 1 aliphatic heterocycles. The molecule has 0 radical (unpaired) electrons. The van der Waals surface area contributed by atoms with Gasteiger partial charge in [0, 0.05) is 12.3 Å². The highest BCUT2D eigenvalue weighted by atomic mass is 16.7. The second-order valence-electron chi connectivity index (χ2n) is 2.78. The van der Waals surface area contributed by atoms with Crippen LogP contribution in [0.1, 0.15) is 0 Å². The van der Waals surface area contributed by atoms with Crippen LogP contribution < -0.4 is 11.2 Å². The van der Waals surface area contributed by atoms with Crippen LogP contribution in [0.25, 0.3) is 5.88 Å². The molecule has 0 aliphatic carbocycles. The van der Waals surface area contributed by atoms with E-state index in [0.29, 0.717) is 0 Å². The minimum Gasteiger partial charge on any atom is -0.454 e. The van der Waals surface area contributed by atoms with Gasteiger partial charge in [0.15, 0.2) is 0 Å². The van der Waals surface area contributed by atoms with E-state index in [1.54, 1.807) is 0 Å². The molecule has 1 aliphatic rings. The van der Waals surface area contributed by atoms with Crippen molar-refractivity contribution in [3.63, 3.8) is 0 Å². The molecule has 2 heterocycles. The van der Waals surface area contributed by atoms with Gasteiger partial charge in [-0.15, -0.1) is 0 Å². The second kappa shape index (κ2) is 3.62. The Hall–Kier alpha value is -2.02. The Morgan fingerprint density at radius 1 is 1.53 bits per heavy atom. The normalized spacial score (nSPS) is 19.3. The number of aromatic amines is 1. The van der Waals surface area contributed by atoms with Crippen LogP contribution in [0.2, 0.25) is 0 Å². The zero-order valence-electron chi connectivity index (χ0n) is 7.54. The molecule has 0 bridgehead atoms. The van der Waals surface area contributed by atoms with Gasteiger partial charge in [0.2, 0.25) is 5.88 Å². The number of hydrogen-bond acceptors (Lipinski definition) is 5. The Bertz CT molecular complexity index is 472. The Morgan fingerprint density at radius 2 is 2.33 bits per heavy atom. The van der Waals surface area contributed by atoms with Crippen molar-refractivity contribution in [3.05, 3.63) is 39.4 Å². The summed E-state index contributed by atoms with van der Waals surface area (Å²) in [5, 5.41) is 8.71. The monoisotopic (exact) mass is 212 g/mol. The van der Waals surface area contributed by atoms with Crippen molar-refractivity contribution >= 4 is 5.88 Å². The maximum Gasteiger partial charge on any atom is 0.335 e. The number of rotatable bonds is 2. The molecule has 2 rings (SSSR count). The van der Waals surface area contributed by atoms with Crippen molar-refractivity contribution in [3.8, 4) is 0 Å². The van der Waals surface area contributed by atoms with E-state index in [0.717, 1.165) is 10.8 Å². The molecule has 15 heavy (non-hydrogen) atoms. The van der Waals surface area contributed by atoms with Crippen molar-refractivity contribution in [1.29, 1.82) is 0 Å². The smallest absolute Gasteiger partial charge is 0.335 e. The topological polar surface area (TPSA) is 93.6 Å². The highest BCUT2D eigenvalue weighted by Crippen LogP contribution is 2.14. The molecule has 2 N–H and O–H groups in total. The first-order chi connectivity index (χ1) is 7.22. The van der Waals surface area contributed by atoms with Gasteiger partial charge < -0.3 is 19.6 Å². The predicted octanol–water partition coefficient (Wildman–Crippen LogP) is -1.34. The molecular weight excluding hydrogens is 204 g/mol. The number of hydrogen-bond donors (Lipinski definition) is 2. The van der Waals surface area contributed by atoms with E-state index < -0.39 is 17.5 Å². The van der Waals surface area contributed by atoms with Gasteiger partial charge in [-0.05, 0) is 0 Å². The van der Waals surface area contributed by atoms with Crippen LogP contribution in [0.3, 0.4) is 0 Å². The summed E-state index contributed by atoms with van der Waals surface area (Å²) < 4.78 is 10.6. The highest BCUT2D eigenvalue weighted by Gasteiger charge is 2.21. The summed E-state index contributed by atoms with van der Waals surface area (Å²) in [5.74, 6) is -0.0408. The third-order valence-electron chi connectivity index (χ3n) is 1.80. The van der Waals surface area contributed by atoms with Crippen molar-refractivity contribution in [2.75, 3.05) is 6.61 Å². The average Bonchev–Trinajstić information content (AvgIpc) is 2.66. The van der Waals surface area contributed by atoms with Crippen molar-refractivity contribution < 1.29 is 14.6 Å². The summed E-state index contributed by atoms with van der Waals surface area (Å²) >= 11 is 0. The number of ether oxygens (including phenoxy) is 2. The molecule has 0 fully saturated rings. The molecule has 0 aromatic carbocycles. The lowest BCUT2D eigenvalue weighted by atomic mass is 10.6. The predicted molar refractivity (Wildman–Crippen MR) is 48.6 cm³/mol. The first-order valence-corrected chi connectivity index (χ1v) is 4.16. The molecule has 0 saturated heterocycles. The van der Waals surface area contributed by atoms with Gasteiger partial charge in [-0.3, -0.25) is 4.79 Å². The fourth-order valence-electron chi connectivity index (χ4n) is 1.14. The van der Waals surface area contributed by atoms with Crippen molar-refractivity contribution in [1.82, 2.24) is 9.55 Å². The van der Waals surface area contributed by atoms with Gasteiger partial charge in [0.25, 0.3) is 11.8 Å². The summed E-state index contributed by atoms with van der Waals surface area (Å²) in [6.45, 7) is -0.362. The summed E-state index contributed by atoms with van der Waals surface area (Å²) in [4.78, 5) is 24.9. The first-order valence-electron chi connectivity index (χ1n) is 4.16. The summed E-state index contributed by atoms with van der Waals surface area (Å²) in [7, 11) is 0. The number of H-pyrrole nitrogens is 1. The molecule has 1 atom stereocenters. The molecule has 1 aromatic rings. The van der Waals surface area contributed by atoms with Gasteiger partial charge >= 0.3 is 5.69 Å². The Balaban J connectivity index is 2.40. The molecule has 0 spiro atoms. The fourth-order valence-corrected chi connectivity index (χ4v) is 1.14. The third-order valence-corrected chi connectivity index (χ3v) is 1.80. The van der Waals surface area contributed by atoms with Crippen LogP contribution in [0.15, 0.2) is 28.1 Å².